The molecule has 0 heterocycles. The summed E-state index contributed by atoms with van der Waals surface area (Å²) < 4.78 is 0. The largest absolute Gasteiger partial charge is 2.00 e. The minimum atomic E-state index is 0. The Morgan fingerprint density at radius 1 is 1.43 bits per heavy atom. The van der Waals surface area contributed by atoms with E-state index in [0.29, 0.717) is 0 Å². The fourth-order valence-electron chi connectivity index (χ4n) is 0. The van der Waals surface area contributed by atoms with E-state index < -0.39 is 0 Å². The molecule has 0 saturated heterocycles. The van der Waals surface area contributed by atoms with E-state index in [9.17, 15) is 0 Å². The zero-order chi connectivity index (χ0) is 4.28. The van der Waals surface area contributed by atoms with Crippen molar-refractivity contribution in [2.24, 2.45) is 0 Å². The van der Waals surface area contributed by atoms with E-state index in [-0.39, 0.29) is 40.0 Å². The predicted octanol–water partition coefficient (Wildman–Crippen LogP) is -2.99. The molecular weight excluding hydrogens is 166 g/mol. The van der Waals surface area contributed by atoms with Crippen LogP contribution in [-0.2, 0) is 0 Å². The summed E-state index contributed by atoms with van der Waals surface area (Å²) in [6.45, 7) is 4.50. The molecule has 7 heavy (non-hydrogen) atoms. The minimum absolute atomic E-state index is 0. The summed E-state index contributed by atoms with van der Waals surface area (Å²) in [5, 5.41) is 0. The van der Waals surface area contributed by atoms with E-state index in [0.717, 1.165) is 6.54 Å². The number of rotatable bonds is 1. The third-order valence-corrected chi connectivity index (χ3v) is 0.447. The Labute approximate surface area is 72.4 Å². The SMILES string of the molecule is [Br-].[CH2-]CN(C)C.[Mg+2]. The molecule has 1 nitrogen and oxygen atoms in total. The molecule has 0 amide bonds. The van der Waals surface area contributed by atoms with E-state index in [1.54, 1.807) is 0 Å². The van der Waals surface area contributed by atoms with Crippen LogP contribution in [0.3, 0.4) is 0 Å². The van der Waals surface area contributed by atoms with Gasteiger partial charge in [0.05, 0.1) is 0 Å². The number of hydrogen-bond acceptors (Lipinski definition) is 1. The van der Waals surface area contributed by atoms with Crippen molar-refractivity contribution < 1.29 is 17.0 Å². The zero-order valence-corrected chi connectivity index (χ0v) is 7.95. The molecule has 0 saturated carbocycles. The second-order valence-corrected chi connectivity index (χ2v) is 1.30. The van der Waals surface area contributed by atoms with Gasteiger partial charge in [0.2, 0.25) is 0 Å². The van der Waals surface area contributed by atoms with Gasteiger partial charge in [-0.25, -0.2) is 0 Å². The maximum absolute atomic E-state index is 3.61. The third kappa shape index (κ3) is 19.0. The van der Waals surface area contributed by atoms with Crippen LogP contribution < -0.4 is 17.0 Å². The Morgan fingerprint density at radius 2 is 1.57 bits per heavy atom. The van der Waals surface area contributed by atoms with Gasteiger partial charge >= 0.3 is 23.1 Å². The molecule has 0 N–H and O–H groups in total. The van der Waals surface area contributed by atoms with Gasteiger partial charge in [0.25, 0.3) is 0 Å². The molecule has 0 aliphatic rings. The van der Waals surface area contributed by atoms with Crippen LogP contribution in [0.15, 0.2) is 0 Å². The van der Waals surface area contributed by atoms with Crippen molar-refractivity contribution in [3.8, 4) is 0 Å². The van der Waals surface area contributed by atoms with E-state index in [1.165, 1.54) is 0 Å². The molecule has 0 fully saturated rings. The number of hydrogen-bond donors (Lipinski definition) is 0. The molecule has 3 heteroatoms. The fourth-order valence-corrected chi connectivity index (χ4v) is 0. The smallest absolute Gasteiger partial charge is 1.00 e. The molecule has 0 aromatic rings. The maximum atomic E-state index is 3.61. The van der Waals surface area contributed by atoms with Gasteiger partial charge in [0.1, 0.15) is 0 Å². The third-order valence-electron chi connectivity index (χ3n) is 0.447. The first-order valence-corrected chi connectivity index (χ1v) is 1.71. The molecule has 0 aliphatic carbocycles. The summed E-state index contributed by atoms with van der Waals surface area (Å²) >= 11 is 0. The Kier molecular flexibility index (Phi) is 23.0. The normalized spacial score (nSPS) is 6.86. The Balaban J connectivity index is -0.0000000800. The quantitative estimate of drug-likeness (QED) is 0.304. The standard InChI is InChI=1S/C4H10N.BrH.Mg/c1-4-5(2)3;;/h1,4H2,2-3H3;1H;/q-1;;+2/p-1. The average molecular weight is 176 g/mol. The molecule has 0 aromatic heterocycles. The number of halogens is 1. The number of nitrogens with zero attached hydrogens (tertiary/aromatic N) is 1. The van der Waals surface area contributed by atoms with Gasteiger partial charge in [-0.3, -0.25) is 0 Å². The first-order chi connectivity index (χ1) is 2.27. The van der Waals surface area contributed by atoms with Crippen LogP contribution in [0.25, 0.3) is 0 Å². The van der Waals surface area contributed by atoms with Crippen LogP contribution in [0.2, 0.25) is 0 Å². The molecule has 0 aromatic carbocycles. The summed E-state index contributed by atoms with van der Waals surface area (Å²) in [5.74, 6) is 0. The van der Waals surface area contributed by atoms with Crippen molar-refractivity contribution in [3.05, 3.63) is 6.92 Å². The molecule has 0 bridgehead atoms. The van der Waals surface area contributed by atoms with Crippen LogP contribution >= 0.6 is 0 Å². The van der Waals surface area contributed by atoms with Crippen LogP contribution in [0, 0.1) is 6.92 Å². The van der Waals surface area contributed by atoms with Crippen molar-refractivity contribution in [2.45, 2.75) is 0 Å². The molecule has 0 rings (SSSR count). The van der Waals surface area contributed by atoms with Gasteiger partial charge in [0.15, 0.2) is 0 Å². The second kappa shape index (κ2) is 10.2. The Morgan fingerprint density at radius 3 is 1.57 bits per heavy atom. The first-order valence-electron chi connectivity index (χ1n) is 1.71. The summed E-state index contributed by atoms with van der Waals surface area (Å²) in [6, 6.07) is 0. The van der Waals surface area contributed by atoms with Crippen molar-refractivity contribution in [2.75, 3.05) is 20.6 Å². The van der Waals surface area contributed by atoms with E-state index in [2.05, 4.69) is 6.92 Å². The van der Waals surface area contributed by atoms with Crippen LogP contribution in [0.5, 0.6) is 0 Å². The van der Waals surface area contributed by atoms with Gasteiger partial charge in [-0.2, -0.15) is 0 Å². The van der Waals surface area contributed by atoms with Crippen LogP contribution in [-0.4, -0.2) is 48.6 Å². The molecule has 0 aliphatic heterocycles. The van der Waals surface area contributed by atoms with Gasteiger partial charge < -0.3 is 28.8 Å². The van der Waals surface area contributed by atoms with Gasteiger partial charge in [0, 0.05) is 0 Å². The van der Waals surface area contributed by atoms with E-state index in [4.69, 9.17) is 0 Å². The van der Waals surface area contributed by atoms with E-state index in [1.807, 2.05) is 19.0 Å². The van der Waals surface area contributed by atoms with E-state index >= 15 is 0 Å². The average Bonchev–Trinajstić information content (AvgIpc) is 1.38. The van der Waals surface area contributed by atoms with Crippen molar-refractivity contribution in [1.29, 1.82) is 0 Å². The topological polar surface area (TPSA) is 3.24 Å². The Bertz CT molecular complexity index is 25.7. The monoisotopic (exact) mass is 175 g/mol. The molecule has 0 spiro atoms. The molecular formula is C4H10BrMgN. The first kappa shape index (κ1) is 15.7. The summed E-state index contributed by atoms with van der Waals surface area (Å²) in [5.41, 5.74) is 0. The summed E-state index contributed by atoms with van der Waals surface area (Å²) in [7, 11) is 3.99. The van der Waals surface area contributed by atoms with Crippen molar-refractivity contribution in [1.82, 2.24) is 4.90 Å². The van der Waals surface area contributed by atoms with Crippen LogP contribution in [0.1, 0.15) is 0 Å². The molecule has 40 valence electrons. The van der Waals surface area contributed by atoms with Crippen molar-refractivity contribution >= 4 is 23.1 Å². The summed E-state index contributed by atoms with van der Waals surface area (Å²) in [4.78, 5) is 2.01. The molecule has 0 atom stereocenters. The zero-order valence-electron chi connectivity index (χ0n) is 4.95. The van der Waals surface area contributed by atoms with Gasteiger partial charge in [-0.1, -0.05) is 0 Å². The molecule has 0 radical (unpaired) electrons. The second-order valence-electron chi connectivity index (χ2n) is 1.30. The Hall–Kier alpha value is 1.21. The van der Waals surface area contributed by atoms with Gasteiger partial charge in [-0.05, 0) is 14.1 Å². The fraction of sp³-hybridized carbons (Fsp3) is 0.750. The minimum Gasteiger partial charge on any atom is -1.00 e. The molecule has 0 unspecified atom stereocenters. The predicted molar refractivity (Wildman–Crippen MR) is 29.7 cm³/mol. The van der Waals surface area contributed by atoms with Gasteiger partial charge in [-0.15, -0.1) is 6.54 Å². The summed E-state index contributed by atoms with van der Waals surface area (Å²) in [6.07, 6.45) is 0. The van der Waals surface area contributed by atoms with Crippen LogP contribution in [0.4, 0.5) is 0 Å². The van der Waals surface area contributed by atoms with Crippen molar-refractivity contribution in [3.63, 3.8) is 0 Å². The maximum Gasteiger partial charge on any atom is 2.00 e.